The van der Waals surface area contributed by atoms with Crippen molar-refractivity contribution in [3.63, 3.8) is 0 Å². The molecule has 1 unspecified atom stereocenters. The van der Waals surface area contributed by atoms with Gasteiger partial charge in [-0.3, -0.25) is 0 Å². The molecule has 0 amide bonds. The molecule has 0 saturated carbocycles. The van der Waals surface area contributed by atoms with Gasteiger partial charge in [0.1, 0.15) is 5.82 Å². The lowest BCUT2D eigenvalue weighted by Crippen LogP contribution is -2.23. The average Bonchev–Trinajstić information content (AvgIpc) is 2.81. The average molecular weight is 259 g/mol. The summed E-state index contributed by atoms with van der Waals surface area (Å²) >= 11 is 0. The molecule has 98 valence electrons. The fraction of sp³-hybridized carbons (Fsp3) is 0.308. The number of hydrogen-bond donors (Lipinski definition) is 2. The van der Waals surface area contributed by atoms with Gasteiger partial charge in [0.25, 0.3) is 0 Å². The molecule has 0 aliphatic carbocycles. The standard InChI is InChI=1S/C13H13N3O3/c17-8-5-6-16-11(7-8)14-12(15-16)9-3-1-2-4-10(9)13(18)19/h1-4,8,17H,5-7H2,(H,18,19). The van der Waals surface area contributed by atoms with E-state index in [9.17, 15) is 9.90 Å². The molecule has 1 aromatic heterocycles. The van der Waals surface area contributed by atoms with Crippen LogP contribution in [0.3, 0.4) is 0 Å². The fourth-order valence-corrected chi connectivity index (χ4v) is 2.27. The van der Waals surface area contributed by atoms with Crippen molar-refractivity contribution >= 4 is 5.97 Å². The van der Waals surface area contributed by atoms with Gasteiger partial charge in [-0.1, -0.05) is 18.2 Å². The first-order chi connectivity index (χ1) is 9.15. The number of carboxylic acid groups (broad SMARTS) is 1. The van der Waals surface area contributed by atoms with Gasteiger partial charge in [-0.05, 0) is 12.5 Å². The van der Waals surface area contributed by atoms with Crippen LogP contribution in [0.5, 0.6) is 0 Å². The number of nitrogens with zero attached hydrogens (tertiary/aromatic N) is 3. The first-order valence-corrected chi connectivity index (χ1v) is 6.09. The van der Waals surface area contributed by atoms with Crippen LogP contribution in [0.2, 0.25) is 0 Å². The Labute approximate surface area is 109 Å². The molecule has 0 saturated heterocycles. The summed E-state index contributed by atoms with van der Waals surface area (Å²) in [6.45, 7) is 0.610. The Balaban J connectivity index is 2.06. The molecule has 1 aromatic carbocycles. The highest BCUT2D eigenvalue weighted by Crippen LogP contribution is 2.23. The monoisotopic (exact) mass is 259 g/mol. The largest absolute Gasteiger partial charge is 0.478 e. The minimum atomic E-state index is -0.997. The van der Waals surface area contributed by atoms with Crippen LogP contribution < -0.4 is 0 Å². The van der Waals surface area contributed by atoms with E-state index in [-0.39, 0.29) is 11.7 Å². The molecule has 2 N–H and O–H groups in total. The number of aromatic nitrogens is 3. The van der Waals surface area contributed by atoms with E-state index in [0.29, 0.717) is 36.6 Å². The molecule has 0 radical (unpaired) electrons. The number of carboxylic acids is 1. The van der Waals surface area contributed by atoms with Crippen LogP contribution >= 0.6 is 0 Å². The Morgan fingerprint density at radius 3 is 2.95 bits per heavy atom. The molecular weight excluding hydrogens is 246 g/mol. The number of aryl methyl sites for hydroxylation is 1. The zero-order valence-corrected chi connectivity index (χ0v) is 10.2. The van der Waals surface area contributed by atoms with Crippen molar-refractivity contribution in [2.75, 3.05) is 0 Å². The van der Waals surface area contributed by atoms with Gasteiger partial charge >= 0.3 is 5.97 Å². The van der Waals surface area contributed by atoms with Crippen LogP contribution in [-0.4, -0.2) is 37.1 Å². The number of rotatable bonds is 2. The SMILES string of the molecule is O=C(O)c1ccccc1-c1nc2n(n1)CCC(O)C2. The van der Waals surface area contributed by atoms with E-state index < -0.39 is 5.97 Å². The van der Waals surface area contributed by atoms with Gasteiger partial charge in [-0.25, -0.2) is 14.5 Å². The quantitative estimate of drug-likeness (QED) is 0.838. The number of aliphatic hydroxyl groups is 1. The molecule has 1 atom stereocenters. The Kier molecular flexibility index (Phi) is 2.79. The van der Waals surface area contributed by atoms with E-state index in [1.807, 2.05) is 0 Å². The Bertz CT molecular complexity index is 636. The van der Waals surface area contributed by atoms with Crippen LogP contribution in [0.4, 0.5) is 0 Å². The smallest absolute Gasteiger partial charge is 0.336 e. The van der Waals surface area contributed by atoms with Gasteiger partial charge in [0.05, 0.1) is 11.7 Å². The first-order valence-electron chi connectivity index (χ1n) is 6.09. The topological polar surface area (TPSA) is 88.2 Å². The number of aliphatic hydroxyl groups excluding tert-OH is 1. The molecule has 3 rings (SSSR count). The summed E-state index contributed by atoms with van der Waals surface area (Å²) < 4.78 is 1.74. The summed E-state index contributed by atoms with van der Waals surface area (Å²) in [4.78, 5) is 15.5. The third kappa shape index (κ3) is 2.10. The van der Waals surface area contributed by atoms with Gasteiger partial charge in [0, 0.05) is 18.5 Å². The van der Waals surface area contributed by atoms with Crippen LogP contribution in [0.25, 0.3) is 11.4 Å². The second kappa shape index (κ2) is 4.47. The van der Waals surface area contributed by atoms with Crippen molar-refractivity contribution in [3.05, 3.63) is 35.7 Å². The molecule has 6 heteroatoms. The number of aromatic carboxylic acids is 1. The maximum Gasteiger partial charge on any atom is 0.336 e. The fourth-order valence-electron chi connectivity index (χ4n) is 2.27. The van der Waals surface area contributed by atoms with Crippen molar-refractivity contribution in [2.45, 2.75) is 25.5 Å². The predicted octanol–water partition coefficient (Wildman–Crippen LogP) is 0.950. The van der Waals surface area contributed by atoms with Crippen molar-refractivity contribution in [1.29, 1.82) is 0 Å². The van der Waals surface area contributed by atoms with E-state index in [0.717, 1.165) is 0 Å². The normalized spacial score (nSPS) is 18.1. The number of benzene rings is 1. The Hall–Kier alpha value is -2.21. The van der Waals surface area contributed by atoms with Gasteiger partial charge in [0.15, 0.2) is 5.82 Å². The zero-order valence-electron chi connectivity index (χ0n) is 10.2. The summed E-state index contributed by atoms with van der Waals surface area (Å²) in [6.07, 6.45) is 0.720. The minimum Gasteiger partial charge on any atom is -0.478 e. The molecule has 2 aromatic rings. The molecule has 0 spiro atoms. The van der Waals surface area contributed by atoms with Crippen LogP contribution in [0, 0.1) is 0 Å². The summed E-state index contributed by atoms with van der Waals surface area (Å²) in [7, 11) is 0. The van der Waals surface area contributed by atoms with Gasteiger partial charge < -0.3 is 10.2 Å². The molecule has 0 bridgehead atoms. The van der Waals surface area contributed by atoms with Gasteiger partial charge in [-0.15, -0.1) is 0 Å². The minimum absolute atomic E-state index is 0.186. The Morgan fingerprint density at radius 1 is 1.37 bits per heavy atom. The summed E-state index contributed by atoms with van der Waals surface area (Å²) in [5, 5.41) is 23.1. The zero-order chi connectivity index (χ0) is 13.4. The van der Waals surface area contributed by atoms with E-state index >= 15 is 0 Å². The Morgan fingerprint density at radius 2 is 2.16 bits per heavy atom. The first kappa shape index (κ1) is 11.9. The molecule has 19 heavy (non-hydrogen) atoms. The van der Waals surface area contributed by atoms with Crippen LogP contribution in [0.15, 0.2) is 24.3 Å². The summed E-state index contributed by atoms with van der Waals surface area (Å²) in [6, 6.07) is 6.66. The molecule has 1 aliphatic rings. The summed E-state index contributed by atoms with van der Waals surface area (Å²) in [5.41, 5.74) is 0.692. The molecule has 1 aliphatic heterocycles. The second-order valence-electron chi connectivity index (χ2n) is 4.57. The van der Waals surface area contributed by atoms with Gasteiger partial charge in [0.2, 0.25) is 0 Å². The predicted molar refractivity (Wildman–Crippen MR) is 66.7 cm³/mol. The molecule has 0 fully saturated rings. The van der Waals surface area contributed by atoms with Crippen LogP contribution in [-0.2, 0) is 13.0 Å². The molecule has 2 heterocycles. The maximum absolute atomic E-state index is 11.2. The lowest BCUT2D eigenvalue weighted by Gasteiger charge is -2.16. The van der Waals surface area contributed by atoms with E-state index in [1.54, 1.807) is 22.9 Å². The highest BCUT2D eigenvalue weighted by atomic mass is 16.4. The number of hydrogen-bond acceptors (Lipinski definition) is 4. The third-order valence-electron chi connectivity index (χ3n) is 3.24. The van der Waals surface area contributed by atoms with E-state index in [1.165, 1.54) is 6.07 Å². The second-order valence-corrected chi connectivity index (χ2v) is 4.57. The lowest BCUT2D eigenvalue weighted by atomic mass is 10.1. The number of fused-ring (bicyclic) bond motifs is 1. The van der Waals surface area contributed by atoms with Crippen molar-refractivity contribution in [3.8, 4) is 11.4 Å². The van der Waals surface area contributed by atoms with E-state index in [2.05, 4.69) is 10.1 Å². The summed E-state index contributed by atoms with van der Waals surface area (Å²) in [5.74, 6) is 0.111. The molecular formula is C13H13N3O3. The van der Waals surface area contributed by atoms with Crippen molar-refractivity contribution in [1.82, 2.24) is 14.8 Å². The van der Waals surface area contributed by atoms with Gasteiger partial charge in [-0.2, -0.15) is 5.10 Å². The molecule has 6 nitrogen and oxygen atoms in total. The highest BCUT2D eigenvalue weighted by Gasteiger charge is 2.22. The highest BCUT2D eigenvalue weighted by molar-refractivity contribution is 5.94. The maximum atomic E-state index is 11.2. The lowest BCUT2D eigenvalue weighted by molar-refractivity contribution is 0.0697. The van der Waals surface area contributed by atoms with Crippen LogP contribution in [0.1, 0.15) is 22.6 Å². The third-order valence-corrected chi connectivity index (χ3v) is 3.24. The number of carbonyl (C=O) groups is 1. The van der Waals surface area contributed by atoms with E-state index in [4.69, 9.17) is 5.11 Å². The van der Waals surface area contributed by atoms with Crippen molar-refractivity contribution < 1.29 is 15.0 Å². The van der Waals surface area contributed by atoms with Crippen molar-refractivity contribution in [2.24, 2.45) is 0 Å².